The zero-order valence-electron chi connectivity index (χ0n) is 11.4. The first-order valence-electron chi connectivity index (χ1n) is 6.05. The first-order chi connectivity index (χ1) is 9.99. The quantitative estimate of drug-likeness (QED) is 0.593. The van der Waals surface area contributed by atoms with E-state index in [2.05, 4.69) is 9.97 Å². The molecule has 1 saturated heterocycles. The maximum absolute atomic E-state index is 11.3. The van der Waals surface area contributed by atoms with Gasteiger partial charge in [0.15, 0.2) is 0 Å². The van der Waals surface area contributed by atoms with E-state index in [1.165, 1.54) is 19.1 Å². The van der Waals surface area contributed by atoms with E-state index in [1.807, 2.05) is 0 Å². The molecule has 10 heteroatoms. The van der Waals surface area contributed by atoms with E-state index < -0.39 is 22.6 Å². The number of nitro groups is 1. The molecule has 0 aliphatic carbocycles. The fraction of sp³-hybridized carbons (Fsp3) is 0.545. The Balaban J connectivity index is 2.49. The van der Waals surface area contributed by atoms with Crippen LogP contribution in [-0.4, -0.2) is 58.9 Å². The topological polar surface area (TPSA) is 128 Å². The van der Waals surface area contributed by atoms with Crippen molar-refractivity contribution in [2.45, 2.75) is 18.6 Å². The van der Waals surface area contributed by atoms with Crippen molar-refractivity contribution >= 4 is 17.5 Å². The third-order valence-corrected chi connectivity index (χ3v) is 3.30. The number of carbonyl (C=O) groups is 1. The van der Waals surface area contributed by atoms with Crippen LogP contribution in [0.15, 0.2) is 6.33 Å². The van der Waals surface area contributed by atoms with E-state index in [-0.39, 0.29) is 30.8 Å². The highest BCUT2D eigenvalue weighted by Crippen LogP contribution is 2.37. The van der Waals surface area contributed by atoms with Gasteiger partial charge in [-0.3, -0.25) is 10.1 Å². The lowest BCUT2D eigenvalue weighted by Crippen LogP contribution is -2.37. The molecule has 0 amide bonds. The largest absolute Gasteiger partial charge is 0.480 e. The lowest BCUT2D eigenvalue weighted by molar-refractivity contribution is -0.385. The van der Waals surface area contributed by atoms with Gasteiger partial charge >= 0.3 is 11.7 Å². The van der Waals surface area contributed by atoms with Crippen molar-refractivity contribution in [1.82, 2.24) is 9.97 Å². The second-order valence-corrected chi connectivity index (χ2v) is 4.41. The molecule has 114 valence electrons. The highest BCUT2D eigenvalue weighted by Gasteiger charge is 2.42. The van der Waals surface area contributed by atoms with Crippen molar-refractivity contribution < 1.29 is 24.3 Å². The minimum Gasteiger partial charge on any atom is -0.480 e. The average molecular weight is 298 g/mol. The van der Waals surface area contributed by atoms with Gasteiger partial charge in [-0.2, -0.15) is 4.98 Å². The third-order valence-electron chi connectivity index (χ3n) is 3.30. The van der Waals surface area contributed by atoms with Crippen LogP contribution >= 0.6 is 0 Å². The molecule has 2 heterocycles. The summed E-state index contributed by atoms with van der Waals surface area (Å²) in [6, 6.07) is -0.951. The molecule has 1 aromatic heterocycles. The minimum atomic E-state index is -1.10. The van der Waals surface area contributed by atoms with Crippen LogP contribution in [0.5, 0.6) is 5.88 Å². The zero-order chi connectivity index (χ0) is 15.6. The van der Waals surface area contributed by atoms with Crippen molar-refractivity contribution in [2.24, 2.45) is 0 Å². The number of rotatable bonds is 5. The molecule has 10 nitrogen and oxygen atoms in total. The summed E-state index contributed by atoms with van der Waals surface area (Å²) in [7, 11) is 2.71. The van der Waals surface area contributed by atoms with Crippen LogP contribution in [0.25, 0.3) is 0 Å². The Labute approximate surface area is 119 Å². The standard InChI is InChI=1S/C11H14N4O6/c1-20-6-3-7(11(16)17)14(4-6)9-8(15(18)19)10(21-2)13-5-12-9/h5-7H,3-4H2,1-2H3,(H,16,17). The molecule has 1 N–H and O–H groups in total. The Kier molecular flexibility index (Phi) is 4.17. The molecular formula is C11H14N4O6. The molecule has 1 aliphatic rings. The summed E-state index contributed by atoms with van der Waals surface area (Å²) in [4.78, 5) is 30.8. The number of carboxylic acids is 1. The maximum atomic E-state index is 11.3. The molecule has 1 aliphatic heterocycles. The molecule has 2 rings (SSSR count). The van der Waals surface area contributed by atoms with Gasteiger partial charge in [-0.05, 0) is 0 Å². The summed E-state index contributed by atoms with van der Waals surface area (Å²) in [5, 5.41) is 20.5. The average Bonchev–Trinajstić information content (AvgIpc) is 2.90. The summed E-state index contributed by atoms with van der Waals surface area (Å²) in [6.45, 7) is 0.189. The fourth-order valence-corrected chi connectivity index (χ4v) is 2.31. The number of hydrogen-bond acceptors (Lipinski definition) is 8. The number of nitrogens with zero attached hydrogens (tertiary/aromatic N) is 4. The van der Waals surface area contributed by atoms with E-state index in [0.717, 1.165) is 6.33 Å². The first-order valence-corrected chi connectivity index (χ1v) is 6.05. The number of aliphatic carboxylic acids is 1. The molecule has 21 heavy (non-hydrogen) atoms. The second kappa shape index (κ2) is 5.87. The van der Waals surface area contributed by atoms with Gasteiger partial charge in [0, 0.05) is 20.1 Å². The maximum Gasteiger partial charge on any atom is 0.372 e. The van der Waals surface area contributed by atoms with Crippen LogP contribution in [-0.2, 0) is 9.53 Å². The first kappa shape index (κ1) is 14.9. The Hall–Kier alpha value is -2.49. The number of aromatic nitrogens is 2. The van der Waals surface area contributed by atoms with Gasteiger partial charge < -0.3 is 19.5 Å². The molecule has 2 unspecified atom stereocenters. The molecule has 1 aromatic rings. The molecule has 1 fully saturated rings. The number of anilines is 1. The highest BCUT2D eigenvalue weighted by atomic mass is 16.6. The summed E-state index contributed by atoms with van der Waals surface area (Å²) in [6.07, 6.45) is 0.974. The molecule has 2 atom stereocenters. The van der Waals surface area contributed by atoms with Gasteiger partial charge in [0.1, 0.15) is 12.4 Å². The summed E-state index contributed by atoms with van der Waals surface area (Å²) in [5.74, 6) is -1.39. The number of ether oxygens (including phenoxy) is 2. The summed E-state index contributed by atoms with van der Waals surface area (Å²) >= 11 is 0. The van der Waals surface area contributed by atoms with Crippen molar-refractivity contribution in [3.63, 3.8) is 0 Å². The highest BCUT2D eigenvalue weighted by molar-refractivity contribution is 5.80. The smallest absolute Gasteiger partial charge is 0.372 e. The molecule has 0 aromatic carbocycles. The Bertz CT molecular complexity index is 566. The number of methoxy groups -OCH3 is 2. The van der Waals surface area contributed by atoms with E-state index in [4.69, 9.17) is 9.47 Å². The van der Waals surface area contributed by atoms with Gasteiger partial charge in [-0.15, -0.1) is 0 Å². The van der Waals surface area contributed by atoms with Crippen LogP contribution in [0.3, 0.4) is 0 Å². The molecule has 0 radical (unpaired) electrons. The Morgan fingerprint density at radius 3 is 2.76 bits per heavy atom. The van der Waals surface area contributed by atoms with Crippen LogP contribution in [0.1, 0.15) is 6.42 Å². The van der Waals surface area contributed by atoms with Crippen LogP contribution < -0.4 is 9.64 Å². The predicted molar refractivity (Wildman–Crippen MR) is 69.4 cm³/mol. The minimum absolute atomic E-state index is 0.0844. The predicted octanol–water partition coefficient (Wildman–Crippen LogP) is 0.0717. The third kappa shape index (κ3) is 2.70. The van der Waals surface area contributed by atoms with E-state index >= 15 is 0 Å². The molecule has 0 bridgehead atoms. The van der Waals surface area contributed by atoms with Crippen molar-refractivity contribution in [3.05, 3.63) is 16.4 Å². The SMILES string of the molecule is COc1ncnc(N2CC(OC)CC2C(=O)O)c1[N+](=O)[O-]. The van der Waals surface area contributed by atoms with Crippen LogP contribution in [0.4, 0.5) is 11.5 Å². The molecule has 0 saturated carbocycles. The molecular weight excluding hydrogens is 284 g/mol. The Morgan fingerprint density at radius 2 is 2.24 bits per heavy atom. The monoisotopic (exact) mass is 298 g/mol. The Morgan fingerprint density at radius 1 is 1.52 bits per heavy atom. The van der Waals surface area contributed by atoms with Crippen molar-refractivity contribution in [1.29, 1.82) is 0 Å². The lowest BCUT2D eigenvalue weighted by Gasteiger charge is -2.21. The number of carboxylic acid groups (broad SMARTS) is 1. The van der Waals surface area contributed by atoms with E-state index in [1.54, 1.807) is 0 Å². The molecule has 0 spiro atoms. The summed E-state index contributed by atoms with van der Waals surface area (Å²) in [5.41, 5.74) is -0.456. The fourth-order valence-electron chi connectivity index (χ4n) is 2.31. The van der Waals surface area contributed by atoms with Gasteiger partial charge in [-0.1, -0.05) is 0 Å². The van der Waals surface area contributed by atoms with E-state index in [9.17, 15) is 20.0 Å². The van der Waals surface area contributed by atoms with Gasteiger partial charge in [-0.25, -0.2) is 9.78 Å². The van der Waals surface area contributed by atoms with Crippen LogP contribution in [0, 0.1) is 10.1 Å². The van der Waals surface area contributed by atoms with Crippen molar-refractivity contribution in [2.75, 3.05) is 25.7 Å². The van der Waals surface area contributed by atoms with Gasteiger partial charge in [0.2, 0.25) is 5.82 Å². The normalized spacial score (nSPS) is 21.3. The van der Waals surface area contributed by atoms with Crippen molar-refractivity contribution in [3.8, 4) is 5.88 Å². The van der Waals surface area contributed by atoms with Crippen LogP contribution in [0.2, 0.25) is 0 Å². The number of hydrogen-bond donors (Lipinski definition) is 1. The van der Waals surface area contributed by atoms with E-state index in [0.29, 0.717) is 0 Å². The van der Waals surface area contributed by atoms with Gasteiger partial charge in [0.25, 0.3) is 5.88 Å². The zero-order valence-corrected chi connectivity index (χ0v) is 11.4. The van der Waals surface area contributed by atoms with Gasteiger partial charge in [0.05, 0.1) is 18.1 Å². The second-order valence-electron chi connectivity index (χ2n) is 4.41. The summed E-state index contributed by atoms with van der Waals surface area (Å²) < 4.78 is 10.0. The lowest BCUT2D eigenvalue weighted by atomic mass is 10.2.